The lowest BCUT2D eigenvalue weighted by Gasteiger charge is -2.08. The lowest BCUT2D eigenvalue weighted by molar-refractivity contribution is -0.136. The third kappa shape index (κ3) is 3.05. The molecule has 0 aliphatic carbocycles. The normalized spacial score (nSPS) is 10.2. The highest BCUT2D eigenvalue weighted by atomic mass is 16.4. The summed E-state index contributed by atoms with van der Waals surface area (Å²) in [4.78, 5) is 10.8. The minimum absolute atomic E-state index is 0.0676. The predicted molar refractivity (Wildman–Crippen MR) is 88.9 cm³/mol. The molecule has 0 fully saturated rings. The van der Waals surface area contributed by atoms with E-state index in [-0.39, 0.29) is 6.42 Å². The van der Waals surface area contributed by atoms with Crippen molar-refractivity contribution in [2.45, 2.75) is 27.2 Å². The third-order valence-corrected chi connectivity index (χ3v) is 3.49. The van der Waals surface area contributed by atoms with Crippen molar-refractivity contribution < 1.29 is 9.90 Å². The first-order valence-electron chi connectivity index (χ1n) is 7.28. The minimum atomic E-state index is -0.796. The lowest BCUT2D eigenvalue weighted by atomic mass is 9.96. The number of carboxylic acid groups (broad SMARTS) is 1. The molecule has 0 saturated heterocycles. The molecule has 0 aromatic heterocycles. The van der Waals surface area contributed by atoms with E-state index < -0.39 is 5.97 Å². The van der Waals surface area contributed by atoms with E-state index in [0.29, 0.717) is 0 Å². The van der Waals surface area contributed by atoms with Crippen LogP contribution in [0.1, 0.15) is 25.0 Å². The summed E-state index contributed by atoms with van der Waals surface area (Å²) < 4.78 is 0. The van der Waals surface area contributed by atoms with Gasteiger partial charge in [0.25, 0.3) is 0 Å². The highest BCUT2D eigenvalue weighted by Crippen LogP contribution is 2.29. The maximum atomic E-state index is 10.8. The van der Waals surface area contributed by atoms with Crippen molar-refractivity contribution in [1.29, 1.82) is 0 Å². The Labute approximate surface area is 125 Å². The Kier molecular flexibility index (Phi) is 4.59. The van der Waals surface area contributed by atoms with Crippen LogP contribution in [0.2, 0.25) is 0 Å². The van der Waals surface area contributed by atoms with E-state index in [0.717, 1.165) is 16.3 Å². The molecule has 3 aromatic carbocycles. The van der Waals surface area contributed by atoms with Gasteiger partial charge in [0.2, 0.25) is 0 Å². The van der Waals surface area contributed by atoms with Crippen molar-refractivity contribution in [3.05, 3.63) is 59.7 Å². The second kappa shape index (κ2) is 6.40. The Morgan fingerprint density at radius 3 is 2.29 bits per heavy atom. The molecule has 0 aliphatic heterocycles. The topological polar surface area (TPSA) is 37.3 Å². The molecule has 108 valence electrons. The van der Waals surface area contributed by atoms with Crippen LogP contribution in [0.25, 0.3) is 21.5 Å². The number of rotatable bonds is 2. The Bertz CT molecular complexity index is 788. The molecule has 0 aliphatic rings. The molecule has 0 bridgehead atoms. The standard InChI is InChI=1S/C17H14O2.C2H6/c1-11-8-13-7-6-12(10-17(18)19)9-16(13)15-5-3-2-4-14(11)15;1-2/h2-9H,10H2,1H3,(H,18,19);1-2H3. The first-order valence-corrected chi connectivity index (χ1v) is 7.28. The van der Waals surface area contributed by atoms with Crippen molar-refractivity contribution in [1.82, 2.24) is 0 Å². The van der Waals surface area contributed by atoms with Crippen LogP contribution in [0, 0.1) is 6.92 Å². The van der Waals surface area contributed by atoms with Crippen molar-refractivity contribution in [3.63, 3.8) is 0 Å². The van der Waals surface area contributed by atoms with Gasteiger partial charge in [-0.25, -0.2) is 0 Å². The van der Waals surface area contributed by atoms with Crippen molar-refractivity contribution in [2.75, 3.05) is 0 Å². The fourth-order valence-electron chi connectivity index (χ4n) is 2.62. The molecular weight excluding hydrogens is 260 g/mol. The van der Waals surface area contributed by atoms with Crippen LogP contribution in [0.4, 0.5) is 0 Å². The molecule has 0 atom stereocenters. The van der Waals surface area contributed by atoms with Crippen LogP contribution in [0.5, 0.6) is 0 Å². The zero-order valence-electron chi connectivity index (χ0n) is 12.7. The lowest BCUT2D eigenvalue weighted by Crippen LogP contribution is -1.99. The first kappa shape index (κ1) is 15.0. The molecule has 0 radical (unpaired) electrons. The SMILES string of the molecule is CC.Cc1cc2ccc(CC(=O)O)cc2c2ccccc12. The third-order valence-electron chi connectivity index (χ3n) is 3.49. The zero-order chi connectivity index (χ0) is 15.4. The van der Waals surface area contributed by atoms with E-state index in [1.165, 1.54) is 16.3 Å². The van der Waals surface area contributed by atoms with Crippen LogP contribution < -0.4 is 0 Å². The summed E-state index contributed by atoms with van der Waals surface area (Å²) in [6, 6.07) is 16.3. The Hall–Kier alpha value is -2.35. The van der Waals surface area contributed by atoms with Gasteiger partial charge >= 0.3 is 5.97 Å². The van der Waals surface area contributed by atoms with E-state index in [2.05, 4.69) is 25.1 Å². The van der Waals surface area contributed by atoms with E-state index in [9.17, 15) is 4.79 Å². The van der Waals surface area contributed by atoms with Gasteiger partial charge in [-0.1, -0.05) is 56.3 Å². The van der Waals surface area contributed by atoms with Crippen LogP contribution >= 0.6 is 0 Å². The Morgan fingerprint density at radius 1 is 0.952 bits per heavy atom. The quantitative estimate of drug-likeness (QED) is 0.674. The van der Waals surface area contributed by atoms with Gasteiger partial charge in [0.15, 0.2) is 0 Å². The van der Waals surface area contributed by atoms with Gasteiger partial charge in [-0.2, -0.15) is 0 Å². The van der Waals surface area contributed by atoms with Gasteiger partial charge in [0, 0.05) is 0 Å². The molecule has 21 heavy (non-hydrogen) atoms. The maximum Gasteiger partial charge on any atom is 0.307 e. The van der Waals surface area contributed by atoms with Crippen LogP contribution in [0.3, 0.4) is 0 Å². The number of benzene rings is 3. The summed E-state index contributed by atoms with van der Waals surface area (Å²) in [6.45, 7) is 6.10. The van der Waals surface area contributed by atoms with Gasteiger partial charge in [0.1, 0.15) is 0 Å². The molecule has 0 spiro atoms. The molecule has 3 rings (SSSR count). The fourth-order valence-corrected chi connectivity index (χ4v) is 2.62. The summed E-state index contributed by atoms with van der Waals surface area (Å²) in [6.07, 6.45) is 0.0676. The Morgan fingerprint density at radius 2 is 1.62 bits per heavy atom. The second-order valence-corrected chi connectivity index (χ2v) is 4.87. The summed E-state index contributed by atoms with van der Waals surface area (Å²) in [5.41, 5.74) is 2.09. The van der Waals surface area contributed by atoms with Gasteiger partial charge in [-0.3, -0.25) is 4.79 Å². The van der Waals surface area contributed by atoms with Gasteiger partial charge < -0.3 is 5.11 Å². The highest BCUT2D eigenvalue weighted by Gasteiger charge is 2.06. The molecule has 3 aromatic rings. The summed E-state index contributed by atoms with van der Waals surface area (Å²) in [7, 11) is 0. The average Bonchev–Trinajstić information content (AvgIpc) is 2.50. The summed E-state index contributed by atoms with van der Waals surface area (Å²) in [5.74, 6) is -0.796. The number of aryl methyl sites for hydroxylation is 1. The molecule has 0 saturated carbocycles. The average molecular weight is 280 g/mol. The fraction of sp³-hybridized carbons (Fsp3) is 0.211. The molecule has 2 heteroatoms. The van der Waals surface area contributed by atoms with E-state index in [4.69, 9.17) is 5.11 Å². The number of fused-ring (bicyclic) bond motifs is 3. The monoisotopic (exact) mass is 280 g/mol. The molecule has 2 nitrogen and oxygen atoms in total. The number of hydrogen-bond donors (Lipinski definition) is 1. The van der Waals surface area contributed by atoms with E-state index in [1.54, 1.807) is 0 Å². The molecule has 0 unspecified atom stereocenters. The van der Waals surface area contributed by atoms with Crippen LogP contribution in [-0.4, -0.2) is 11.1 Å². The van der Waals surface area contributed by atoms with Gasteiger partial charge in [-0.15, -0.1) is 0 Å². The van der Waals surface area contributed by atoms with Crippen molar-refractivity contribution in [3.8, 4) is 0 Å². The van der Waals surface area contributed by atoms with Crippen LogP contribution in [0.15, 0.2) is 48.5 Å². The van der Waals surface area contributed by atoms with E-state index >= 15 is 0 Å². The van der Waals surface area contributed by atoms with Crippen LogP contribution in [-0.2, 0) is 11.2 Å². The number of aliphatic carboxylic acids is 1. The van der Waals surface area contributed by atoms with Crippen molar-refractivity contribution >= 4 is 27.5 Å². The molecule has 0 amide bonds. The van der Waals surface area contributed by atoms with Crippen molar-refractivity contribution in [2.24, 2.45) is 0 Å². The van der Waals surface area contributed by atoms with Gasteiger partial charge in [-0.05, 0) is 45.7 Å². The Balaban J connectivity index is 0.000000774. The number of carbonyl (C=O) groups is 1. The second-order valence-electron chi connectivity index (χ2n) is 4.87. The predicted octanol–water partition coefficient (Wildman–Crippen LogP) is 4.95. The van der Waals surface area contributed by atoms with E-state index in [1.807, 2.05) is 44.2 Å². The largest absolute Gasteiger partial charge is 0.481 e. The maximum absolute atomic E-state index is 10.8. The molecule has 0 heterocycles. The number of carboxylic acids is 1. The minimum Gasteiger partial charge on any atom is -0.481 e. The molecular formula is C19H20O2. The zero-order valence-corrected chi connectivity index (χ0v) is 12.7. The summed E-state index contributed by atoms with van der Waals surface area (Å²) >= 11 is 0. The van der Waals surface area contributed by atoms with Gasteiger partial charge in [0.05, 0.1) is 6.42 Å². The smallest absolute Gasteiger partial charge is 0.307 e. The number of hydrogen-bond acceptors (Lipinski definition) is 1. The highest BCUT2D eigenvalue weighted by molar-refractivity contribution is 6.09. The molecule has 1 N–H and O–H groups in total. The first-order chi connectivity index (χ1) is 10.1. The summed E-state index contributed by atoms with van der Waals surface area (Å²) in [5, 5.41) is 13.6.